The van der Waals surface area contributed by atoms with Crippen LogP contribution in [0.5, 0.6) is 5.75 Å². The number of hydrogen-bond acceptors (Lipinski definition) is 3. The normalized spacial score (nSPS) is 19.4. The minimum absolute atomic E-state index is 0.0297. The first-order valence-corrected chi connectivity index (χ1v) is 5.94. The molecule has 5 heteroatoms. The van der Waals surface area contributed by atoms with Gasteiger partial charge in [0.2, 0.25) is 0 Å². The summed E-state index contributed by atoms with van der Waals surface area (Å²) < 4.78 is 5.38. The number of ether oxygens (including phenoxy) is 1. The summed E-state index contributed by atoms with van der Waals surface area (Å²) in [4.78, 5) is 13.5. The maximum Gasteiger partial charge on any atom is 0.260 e. The van der Waals surface area contributed by atoms with Crippen molar-refractivity contribution in [3.8, 4) is 5.75 Å². The number of hydrogen-bond donors (Lipinski definition) is 1. The molecule has 0 spiro atoms. The van der Waals surface area contributed by atoms with Crippen LogP contribution in [0.15, 0.2) is 24.3 Å². The molecule has 92 valence electrons. The fourth-order valence-electron chi connectivity index (χ4n) is 1.81. The molecule has 0 bridgehead atoms. The molecular weight excluding hydrogens is 240 g/mol. The third kappa shape index (κ3) is 3.35. The first-order valence-electron chi connectivity index (χ1n) is 5.57. The summed E-state index contributed by atoms with van der Waals surface area (Å²) in [5.41, 5.74) is 5.74. The Kier molecular flexibility index (Phi) is 3.86. The summed E-state index contributed by atoms with van der Waals surface area (Å²) in [6.45, 7) is 1.38. The summed E-state index contributed by atoms with van der Waals surface area (Å²) >= 11 is 5.81. The van der Waals surface area contributed by atoms with E-state index in [1.54, 1.807) is 29.2 Å². The van der Waals surface area contributed by atoms with Crippen molar-refractivity contribution in [2.75, 3.05) is 19.7 Å². The molecule has 1 atom stereocenters. The number of likely N-dealkylation sites (tertiary alicyclic amines) is 1. The molecule has 0 aromatic heterocycles. The van der Waals surface area contributed by atoms with Crippen molar-refractivity contribution >= 4 is 17.5 Å². The number of carbonyl (C=O) groups is 1. The number of amides is 1. The fourth-order valence-corrected chi connectivity index (χ4v) is 1.99. The standard InChI is InChI=1S/C12H15ClN2O2/c13-9-2-1-3-11(6-9)17-8-12(16)15-5-4-10(14)7-15/h1-3,6,10H,4-5,7-8,14H2/t10-/m0/s1. The summed E-state index contributed by atoms with van der Waals surface area (Å²) in [7, 11) is 0. The number of nitrogens with two attached hydrogens (primary N) is 1. The van der Waals surface area contributed by atoms with Gasteiger partial charge in [-0.05, 0) is 24.6 Å². The number of halogens is 1. The Labute approximate surface area is 105 Å². The largest absolute Gasteiger partial charge is 0.484 e. The van der Waals surface area contributed by atoms with Gasteiger partial charge in [-0.2, -0.15) is 0 Å². The van der Waals surface area contributed by atoms with Crippen LogP contribution in [0.25, 0.3) is 0 Å². The van der Waals surface area contributed by atoms with E-state index in [1.807, 2.05) is 0 Å². The van der Waals surface area contributed by atoms with Crippen LogP contribution in [0.3, 0.4) is 0 Å². The van der Waals surface area contributed by atoms with Crippen LogP contribution < -0.4 is 10.5 Å². The highest BCUT2D eigenvalue weighted by Crippen LogP contribution is 2.17. The molecule has 0 saturated carbocycles. The molecule has 1 saturated heterocycles. The average Bonchev–Trinajstić information content (AvgIpc) is 2.73. The van der Waals surface area contributed by atoms with E-state index in [-0.39, 0.29) is 18.6 Å². The second kappa shape index (κ2) is 5.38. The zero-order valence-corrected chi connectivity index (χ0v) is 10.2. The maximum absolute atomic E-state index is 11.8. The number of rotatable bonds is 3. The van der Waals surface area contributed by atoms with E-state index in [1.165, 1.54) is 0 Å². The van der Waals surface area contributed by atoms with Crippen molar-refractivity contribution in [3.63, 3.8) is 0 Å². The number of benzene rings is 1. The van der Waals surface area contributed by atoms with Crippen molar-refractivity contribution in [2.45, 2.75) is 12.5 Å². The van der Waals surface area contributed by atoms with Gasteiger partial charge >= 0.3 is 0 Å². The number of carbonyl (C=O) groups excluding carboxylic acids is 1. The highest BCUT2D eigenvalue weighted by atomic mass is 35.5. The number of nitrogens with zero attached hydrogens (tertiary/aromatic N) is 1. The second-order valence-corrected chi connectivity index (χ2v) is 4.57. The molecule has 0 unspecified atom stereocenters. The molecule has 0 aliphatic carbocycles. The van der Waals surface area contributed by atoms with Gasteiger partial charge in [0.1, 0.15) is 5.75 Å². The topological polar surface area (TPSA) is 55.6 Å². The molecule has 1 aliphatic heterocycles. The molecule has 1 aromatic carbocycles. The minimum atomic E-state index is -0.0297. The van der Waals surface area contributed by atoms with Gasteiger partial charge in [0, 0.05) is 24.2 Å². The van der Waals surface area contributed by atoms with E-state index in [2.05, 4.69) is 0 Å². The smallest absolute Gasteiger partial charge is 0.260 e. The molecule has 1 aliphatic rings. The van der Waals surface area contributed by atoms with Gasteiger partial charge in [0.05, 0.1) is 0 Å². The molecule has 1 fully saturated rings. The van der Waals surface area contributed by atoms with E-state index in [0.717, 1.165) is 13.0 Å². The first kappa shape index (κ1) is 12.2. The summed E-state index contributed by atoms with van der Waals surface area (Å²) in [5, 5.41) is 0.596. The Balaban J connectivity index is 1.84. The molecule has 1 aromatic rings. The Hall–Kier alpha value is -1.26. The van der Waals surface area contributed by atoms with Crippen LogP contribution >= 0.6 is 11.6 Å². The highest BCUT2D eigenvalue weighted by molar-refractivity contribution is 6.30. The van der Waals surface area contributed by atoms with Gasteiger partial charge in [-0.15, -0.1) is 0 Å². The summed E-state index contributed by atoms with van der Waals surface area (Å²) in [5.74, 6) is 0.576. The SMILES string of the molecule is N[C@H]1CCN(C(=O)COc2cccc(Cl)c2)C1. The first-order chi connectivity index (χ1) is 8.15. The van der Waals surface area contributed by atoms with Crippen molar-refractivity contribution in [1.82, 2.24) is 4.90 Å². The quantitative estimate of drug-likeness (QED) is 0.884. The summed E-state index contributed by atoms with van der Waals surface area (Å²) in [6.07, 6.45) is 0.864. The van der Waals surface area contributed by atoms with E-state index in [0.29, 0.717) is 17.3 Å². The van der Waals surface area contributed by atoms with Gasteiger partial charge in [-0.25, -0.2) is 0 Å². The van der Waals surface area contributed by atoms with E-state index < -0.39 is 0 Å². The molecular formula is C12H15ClN2O2. The third-order valence-electron chi connectivity index (χ3n) is 2.74. The fraction of sp³-hybridized carbons (Fsp3) is 0.417. The molecule has 1 amide bonds. The summed E-state index contributed by atoms with van der Waals surface area (Å²) in [6, 6.07) is 7.11. The van der Waals surface area contributed by atoms with Gasteiger partial charge in [0.25, 0.3) is 5.91 Å². The predicted molar refractivity (Wildman–Crippen MR) is 66.1 cm³/mol. The van der Waals surface area contributed by atoms with E-state index in [9.17, 15) is 4.79 Å². The average molecular weight is 255 g/mol. The maximum atomic E-state index is 11.8. The van der Waals surface area contributed by atoms with Crippen molar-refractivity contribution < 1.29 is 9.53 Å². The molecule has 0 radical (unpaired) electrons. The lowest BCUT2D eigenvalue weighted by Crippen LogP contribution is -2.35. The predicted octanol–water partition coefficient (Wildman–Crippen LogP) is 1.28. The van der Waals surface area contributed by atoms with Crippen LogP contribution in [-0.4, -0.2) is 36.5 Å². The lowest BCUT2D eigenvalue weighted by atomic mass is 10.3. The van der Waals surface area contributed by atoms with Crippen LogP contribution in [-0.2, 0) is 4.79 Å². The van der Waals surface area contributed by atoms with Crippen molar-refractivity contribution in [2.24, 2.45) is 5.73 Å². The van der Waals surface area contributed by atoms with E-state index >= 15 is 0 Å². The Morgan fingerprint density at radius 1 is 1.59 bits per heavy atom. The zero-order valence-electron chi connectivity index (χ0n) is 9.43. The van der Waals surface area contributed by atoms with Crippen LogP contribution in [0, 0.1) is 0 Å². The van der Waals surface area contributed by atoms with Gasteiger partial charge in [-0.1, -0.05) is 17.7 Å². The molecule has 4 nitrogen and oxygen atoms in total. The van der Waals surface area contributed by atoms with Gasteiger partial charge in [-0.3, -0.25) is 4.79 Å². The molecule has 1 heterocycles. The highest BCUT2D eigenvalue weighted by Gasteiger charge is 2.23. The second-order valence-electron chi connectivity index (χ2n) is 4.13. The van der Waals surface area contributed by atoms with Crippen molar-refractivity contribution in [3.05, 3.63) is 29.3 Å². The zero-order chi connectivity index (χ0) is 12.3. The van der Waals surface area contributed by atoms with Crippen molar-refractivity contribution in [1.29, 1.82) is 0 Å². The van der Waals surface area contributed by atoms with Crippen LogP contribution in [0.1, 0.15) is 6.42 Å². The van der Waals surface area contributed by atoms with Crippen LogP contribution in [0.2, 0.25) is 5.02 Å². The molecule has 2 N–H and O–H groups in total. The van der Waals surface area contributed by atoms with Gasteiger partial charge in [0.15, 0.2) is 6.61 Å². The lowest BCUT2D eigenvalue weighted by Gasteiger charge is -2.16. The molecule has 17 heavy (non-hydrogen) atoms. The van der Waals surface area contributed by atoms with E-state index in [4.69, 9.17) is 22.1 Å². The Bertz CT molecular complexity index is 411. The minimum Gasteiger partial charge on any atom is -0.484 e. The Morgan fingerprint density at radius 2 is 2.41 bits per heavy atom. The monoisotopic (exact) mass is 254 g/mol. The Morgan fingerprint density at radius 3 is 3.06 bits per heavy atom. The van der Waals surface area contributed by atoms with Crippen LogP contribution in [0.4, 0.5) is 0 Å². The van der Waals surface area contributed by atoms with Gasteiger partial charge < -0.3 is 15.4 Å². The molecule has 2 rings (SSSR count). The third-order valence-corrected chi connectivity index (χ3v) is 2.97. The lowest BCUT2D eigenvalue weighted by molar-refractivity contribution is -0.132.